The largest absolute Gasteiger partial charge is 0.459 e. The molecule has 4 rings (SSSR count). The van der Waals surface area contributed by atoms with E-state index >= 15 is 0 Å². The molecule has 2 amide bonds. The first-order valence-electron chi connectivity index (χ1n) is 10.0. The van der Waals surface area contributed by atoms with Crippen LogP contribution in [0.1, 0.15) is 28.4 Å². The second-order valence-corrected chi connectivity index (χ2v) is 7.97. The highest BCUT2D eigenvalue weighted by molar-refractivity contribution is 7.99. The molecular weight excluding hydrogens is 414 g/mol. The standard InChI is InChI=1S/C22H23N5O3S/c1-2-11-27-19(14-23-21(29)18-10-6-13-30-18)24-25-22(27)31-15-20(28)26-12-5-8-16-7-3-4-9-17(16)26/h2-4,6-7,9-10,13H,1,5,8,11-12,14-15H2,(H,23,29). The minimum Gasteiger partial charge on any atom is -0.459 e. The van der Waals surface area contributed by atoms with Crippen molar-refractivity contribution < 1.29 is 14.0 Å². The first-order chi connectivity index (χ1) is 15.2. The molecule has 1 N–H and O–H groups in total. The molecule has 3 aromatic rings. The Hall–Kier alpha value is -3.33. The van der Waals surface area contributed by atoms with Gasteiger partial charge in [-0.3, -0.25) is 9.59 Å². The molecule has 0 unspecified atom stereocenters. The Bertz CT molecular complexity index is 1080. The fourth-order valence-corrected chi connectivity index (χ4v) is 4.36. The van der Waals surface area contributed by atoms with Gasteiger partial charge in [-0.15, -0.1) is 16.8 Å². The van der Waals surface area contributed by atoms with Crippen molar-refractivity contribution in [1.29, 1.82) is 0 Å². The number of carbonyl (C=O) groups is 2. The van der Waals surface area contributed by atoms with Crippen LogP contribution in [0.25, 0.3) is 0 Å². The van der Waals surface area contributed by atoms with Crippen molar-refractivity contribution in [3.8, 4) is 0 Å². The minimum absolute atomic E-state index is 0.0398. The number of nitrogens with one attached hydrogen (secondary N) is 1. The van der Waals surface area contributed by atoms with Gasteiger partial charge < -0.3 is 19.2 Å². The van der Waals surface area contributed by atoms with Crippen LogP contribution >= 0.6 is 11.8 Å². The third-order valence-electron chi connectivity index (χ3n) is 4.99. The molecule has 0 saturated carbocycles. The van der Waals surface area contributed by atoms with Crippen molar-refractivity contribution in [2.45, 2.75) is 31.1 Å². The van der Waals surface area contributed by atoms with E-state index in [1.165, 1.54) is 23.6 Å². The van der Waals surface area contributed by atoms with Crippen molar-refractivity contribution in [3.05, 3.63) is 72.5 Å². The van der Waals surface area contributed by atoms with Gasteiger partial charge in [-0.1, -0.05) is 36.0 Å². The molecule has 160 valence electrons. The van der Waals surface area contributed by atoms with Crippen LogP contribution in [0.2, 0.25) is 0 Å². The quantitative estimate of drug-likeness (QED) is 0.430. The predicted molar refractivity (Wildman–Crippen MR) is 118 cm³/mol. The molecule has 9 heteroatoms. The van der Waals surface area contributed by atoms with E-state index < -0.39 is 0 Å². The van der Waals surface area contributed by atoms with Gasteiger partial charge in [0.05, 0.1) is 18.6 Å². The van der Waals surface area contributed by atoms with E-state index in [0.29, 0.717) is 17.5 Å². The summed E-state index contributed by atoms with van der Waals surface area (Å²) < 4.78 is 6.94. The van der Waals surface area contributed by atoms with Crippen LogP contribution in [-0.2, 0) is 24.3 Å². The van der Waals surface area contributed by atoms with Crippen molar-refractivity contribution in [2.75, 3.05) is 17.2 Å². The number of fused-ring (bicyclic) bond motifs is 1. The number of rotatable bonds is 8. The number of hydrogen-bond acceptors (Lipinski definition) is 6. The zero-order valence-electron chi connectivity index (χ0n) is 17.0. The maximum absolute atomic E-state index is 12.9. The van der Waals surface area contributed by atoms with Gasteiger partial charge in [0.1, 0.15) is 0 Å². The number of aromatic nitrogens is 3. The van der Waals surface area contributed by atoms with Crippen LogP contribution in [0.4, 0.5) is 5.69 Å². The van der Waals surface area contributed by atoms with E-state index in [2.05, 4.69) is 28.2 Å². The highest BCUT2D eigenvalue weighted by Crippen LogP contribution is 2.28. The summed E-state index contributed by atoms with van der Waals surface area (Å²) in [5, 5.41) is 11.8. The first-order valence-corrected chi connectivity index (χ1v) is 11.0. The average molecular weight is 438 g/mol. The van der Waals surface area contributed by atoms with Gasteiger partial charge in [-0.25, -0.2) is 0 Å². The smallest absolute Gasteiger partial charge is 0.287 e. The van der Waals surface area contributed by atoms with Crippen LogP contribution in [0, 0.1) is 0 Å². The summed E-state index contributed by atoms with van der Waals surface area (Å²) in [6, 6.07) is 11.3. The number of hydrogen-bond donors (Lipinski definition) is 1. The number of amides is 2. The normalized spacial score (nSPS) is 13.0. The lowest BCUT2D eigenvalue weighted by atomic mass is 10.0. The lowest BCUT2D eigenvalue weighted by Gasteiger charge is -2.29. The maximum atomic E-state index is 12.9. The zero-order chi connectivity index (χ0) is 21.6. The Morgan fingerprint density at radius 2 is 2.10 bits per heavy atom. The maximum Gasteiger partial charge on any atom is 0.287 e. The van der Waals surface area contributed by atoms with E-state index in [9.17, 15) is 9.59 Å². The highest BCUT2D eigenvalue weighted by atomic mass is 32.2. The van der Waals surface area contributed by atoms with E-state index in [0.717, 1.165) is 25.1 Å². The monoisotopic (exact) mass is 437 g/mol. The van der Waals surface area contributed by atoms with Gasteiger partial charge >= 0.3 is 0 Å². The Balaban J connectivity index is 1.41. The summed E-state index contributed by atoms with van der Waals surface area (Å²) in [5.41, 5.74) is 2.20. The summed E-state index contributed by atoms with van der Waals surface area (Å²) in [4.78, 5) is 26.9. The zero-order valence-corrected chi connectivity index (χ0v) is 17.8. The number of thioether (sulfide) groups is 1. The molecule has 3 heterocycles. The number of carbonyl (C=O) groups excluding carboxylic acids is 2. The molecule has 2 aromatic heterocycles. The van der Waals surface area contributed by atoms with Gasteiger partial charge in [0, 0.05) is 18.8 Å². The fraction of sp³-hybridized carbons (Fsp3) is 0.273. The molecule has 0 atom stereocenters. The molecule has 0 bridgehead atoms. The summed E-state index contributed by atoms with van der Waals surface area (Å²) in [6.45, 7) is 5.17. The molecule has 0 aliphatic carbocycles. The summed E-state index contributed by atoms with van der Waals surface area (Å²) in [5.74, 6) is 0.779. The number of benzene rings is 1. The van der Waals surface area contributed by atoms with Gasteiger partial charge in [0.15, 0.2) is 16.7 Å². The first kappa shape index (κ1) is 20.9. The van der Waals surface area contributed by atoms with Crippen molar-refractivity contribution >= 4 is 29.3 Å². The molecule has 31 heavy (non-hydrogen) atoms. The molecule has 1 aromatic carbocycles. The van der Waals surface area contributed by atoms with Crippen molar-refractivity contribution in [2.24, 2.45) is 0 Å². The lowest BCUT2D eigenvalue weighted by molar-refractivity contribution is -0.116. The van der Waals surface area contributed by atoms with E-state index in [1.807, 2.05) is 27.7 Å². The van der Waals surface area contributed by atoms with Crippen LogP contribution < -0.4 is 10.2 Å². The van der Waals surface area contributed by atoms with E-state index in [-0.39, 0.29) is 29.9 Å². The second kappa shape index (κ2) is 9.65. The van der Waals surface area contributed by atoms with Gasteiger partial charge in [-0.05, 0) is 36.6 Å². The second-order valence-electron chi connectivity index (χ2n) is 7.02. The Morgan fingerprint density at radius 1 is 1.23 bits per heavy atom. The average Bonchev–Trinajstić information content (AvgIpc) is 3.46. The van der Waals surface area contributed by atoms with Crippen LogP contribution in [0.5, 0.6) is 0 Å². The van der Waals surface area contributed by atoms with Gasteiger partial charge in [0.25, 0.3) is 5.91 Å². The lowest BCUT2D eigenvalue weighted by Crippen LogP contribution is -2.36. The van der Waals surface area contributed by atoms with Crippen LogP contribution in [-0.4, -0.2) is 38.9 Å². The topological polar surface area (TPSA) is 93.3 Å². The number of furan rings is 1. The summed E-state index contributed by atoms with van der Waals surface area (Å²) in [7, 11) is 0. The minimum atomic E-state index is -0.328. The Morgan fingerprint density at radius 3 is 2.90 bits per heavy atom. The predicted octanol–water partition coefficient (Wildman–Crippen LogP) is 3.06. The van der Waals surface area contributed by atoms with E-state index in [4.69, 9.17) is 4.42 Å². The molecule has 0 saturated heterocycles. The number of nitrogens with zero attached hydrogens (tertiary/aromatic N) is 4. The SMILES string of the molecule is C=CCn1c(CNC(=O)c2ccco2)nnc1SCC(=O)N1CCCc2ccccc21. The number of allylic oxidation sites excluding steroid dienone is 1. The summed E-state index contributed by atoms with van der Waals surface area (Å²) >= 11 is 1.34. The summed E-state index contributed by atoms with van der Waals surface area (Å²) in [6.07, 6.45) is 5.13. The third-order valence-corrected chi connectivity index (χ3v) is 5.94. The van der Waals surface area contributed by atoms with Gasteiger partial charge in [-0.2, -0.15) is 0 Å². The molecule has 0 fully saturated rings. The molecule has 1 aliphatic heterocycles. The molecule has 8 nitrogen and oxygen atoms in total. The molecule has 0 spiro atoms. The van der Waals surface area contributed by atoms with Crippen molar-refractivity contribution in [3.63, 3.8) is 0 Å². The molecule has 0 radical (unpaired) electrons. The Labute approximate surface area is 184 Å². The highest BCUT2D eigenvalue weighted by Gasteiger charge is 2.23. The van der Waals surface area contributed by atoms with Crippen LogP contribution in [0.15, 0.2) is 64.9 Å². The number of para-hydroxylation sites is 1. The van der Waals surface area contributed by atoms with E-state index in [1.54, 1.807) is 18.2 Å². The molecular formula is C22H23N5O3S. The van der Waals surface area contributed by atoms with Crippen LogP contribution in [0.3, 0.4) is 0 Å². The van der Waals surface area contributed by atoms with Gasteiger partial charge in [0.2, 0.25) is 5.91 Å². The number of aryl methyl sites for hydroxylation is 1. The van der Waals surface area contributed by atoms with Crippen molar-refractivity contribution in [1.82, 2.24) is 20.1 Å². The third kappa shape index (κ3) is 4.72. The Kier molecular flexibility index (Phi) is 6.51. The fourth-order valence-electron chi connectivity index (χ4n) is 3.52. The number of anilines is 1. The molecule has 1 aliphatic rings.